The number of aliphatic hydroxyl groups excluding tert-OH is 5. The zero-order valence-corrected chi connectivity index (χ0v) is 55.5. The fraction of sp³-hybridized carbons (Fsp3) is 0.679. The van der Waals surface area contributed by atoms with Crippen LogP contribution in [-0.4, -0.2) is 87.5 Å². The summed E-state index contributed by atoms with van der Waals surface area (Å²) in [6.45, 7) is 3.65. The van der Waals surface area contributed by atoms with E-state index in [2.05, 4.69) is 153 Å². The number of carbonyl (C=O) groups is 1. The molecule has 6 N–H and O–H groups in total. The van der Waals surface area contributed by atoms with Gasteiger partial charge in [0.1, 0.15) is 24.4 Å². The predicted octanol–water partition coefficient (Wildman–Crippen LogP) is 19.7. The Balaban J connectivity index is 2.21. The molecule has 1 fully saturated rings. The molecule has 1 rings (SSSR count). The summed E-state index contributed by atoms with van der Waals surface area (Å²) < 4.78 is 11.3. The number of allylic oxidation sites excluding steroid dienone is 23. The van der Waals surface area contributed by atoms with Crippen molar-refractivity contribution in [1.82, 2.24) is 5.32 Å². The molecule has 1 heterocycles. The molecule has 1 amide bonds. The highest BCUT2D eigenvalue weighted by Gasteiger charge is 2.44. The largest absolute Gasteiger partial charge is 0.394 e. The van der Waals surface area contributed by atoms with Crippen LogP contribution in [-0.2, 0) is 14.3 Å². The molecular formula is C78H131NO8. The van der Waals surface area contributed by atoms with E-state index < -0.39 is 49.5 Å². The number of nitrogens with one attached hydrogen (secondary N) is 1. The van der Waals surface area contributed by atoms with Gasteiger partial charge in [0.2, 0.25) is 5.91 Å². The van der Waals surface area contributed by atoms with Crippen molar-refractivity contribution in [3.05, 3.63) is 146 Å². The van der Waals surface area contributed by atoms with Crippen LogP contribution in [0.4, 0.5) is 0 Å². The third kappa shape index (κ3) is 53.6. The summed E-state index contributed by atoms with van der Waals surface area (Å²) in [7, 11) is 0. The van der Waals surface area contributed by atoms with E-state index in [4.69, 9.17) is 9.47 Å². The van der Waals surface area contributed by atoms with Crippen molar-refractivity contribution in [1.29, 1.82) is 0 Å². The number of aliphatic hydroxyl groups is 5. The Labute approximate surface area is 533 Å². The van der Waals surface area contributed by atoms with Crippen molar-refractivity contribution in [2.75, 3.05) is 13.2 Å². The fourth-order valence-electron chi connectivity index (χ4n) is 10.4. The van der Waals surface area contributed by atoms with E-state index >= 15 is 0 Å². The van der Waals surface area contributed by atoms with Crippen LogP contribution in [0, 0.1) is 0 Å². The molecule has 496 valence electrons. The molecule has 7 atom stereocenters. The molecule has 0 radical (unpaired) electrons. The van der Waals surface area contributed by atoms with Gasteiger partial charge in [0, 0.05) is 6.42 Å². The van der Waals surface area contributed by atoms with Gasteiger partial charge in [-0.25, -0.2) is 0 Å². The number of hydrogen-bond acceptors (Lipinski definition) is 8. The van der Waals surface area contributed by atoms with Crippen LogP contribution in [0.5, 0.6) is 0 Å². The second-order valence-electron chi connectivity index (χ2n) is 23.9. The minimum absolute atomic E-state index is 0.206. The third-order valence-electron chi connectivity index (χ3n) is 15.9. The lowest BCUT2D eigenvalue weighted by Crippen LogP contribution is -2.60. The highest BCUT2D eigenvalue weighted by atomic mass is 16.7. The Morgan fingerprint density at radius 3 is 1.10 bits per heavy atom. The van der Waals surface area contributed by atoms with E-state index in [0.717, 1.165) is 122 Å². The van der Waals surface area contributed by atoms with Crippen molar-refractivity contribution in [3.8, 4) is 0 Å². The quantitative estimate of drug-likeness (QED) is 0.0261. The summed E-state index contributed by atoms with van der Waals surface area (Å²) in [5, 5.41) is 54.7. The van der Waals surface area contributed by atoms with Gasteiger partial charge in [-0.2, -0.15) is 0 Å². The Kier molecular flexibility index (Phi) is 60.6. The van der Waals surface area contributed by atoms with Gasteiger partial charge in [-0.1, -0.05) is 307 Å². The molecule has 0 aromatic rings. The Morgan fingerprint density at radius 1 is 0.402 bits per heavy atom. The van der Waals surface area contributed by atoms with Crippen molar-refractivity contribution in [3.63, 3.8) is 0 Å². The zero-order valence-electron chi connectivity index (χ0n) is 55.5. The highest BCUT2D eigenvalue weighted by molar-refractivity contribution is 5.76. The number of amides is 1. The predicted molar refractivity (Wildman–Crippen MR) is 373 cm³/mol. The van der Waals surface area contributed by atoms with E-state index in [9.17, 15) is 30.3 Å². The summed E-state index contributed by atoms with van der Waals surface area (Å²) in [6, 6.07) is -0.848. The van der Waals surface area contributed by atoms with Gasteiger partial charge in [0.25, 0.3) is 0 Å². The Bertz CT molecular complexity index is 1890. The van der Waals surface area contributed by atoms with E-state index in [0.29, 0.717) is 6.42 Å². The number of hydrogen-bond donors (Lipinski definition) is 6. The standard InChI is InChI=1S/C78H131NO8/c1-3-5-7-9-11-13-15-17-19-21-23-25-27-29-31-33-34-35-36-37-38-40-42-44-46-48-50-52-54-56-58-60-62-64-66-68-74(82)79-71(70-86-78-77(85)76(84)75(83)73(69-80)87-78)72(81)67-65-63-61-59-57-55-53-51-49-47-45-43-41-39-32-30-28-26-24-22-20-18-16-14-12-10-8-6-4-2/h5,7,11,13,17,19,23,25,29,31,34-35,37-38,42,44,48-51,57,59,65,67,71-73,75-78,80-81,83-85H,3-4,6,8-10,12,14-16,18,20-22,24,26-28,30,32-33,36,39-41,43,45-47,52-56,58,60-64,66,68-70H2,1-2H3,(H,79,82)/b7-5-,13-11-,19-17-,25-23-,31-29-,35-34-,38-37-,44-42-,50-48-,51-49+,59-57+,67-65+. The first-order chi connectivity index (χ1) is 42.8. The van der Waals surface area contributed by atoms with E-state index in [1.807, 2.05) is 6.08 Å². The fourth-order valence-corrected chi connectivity index (χ4v) is 10.4. The topological polar surface area (TPSA) is 149 Å². The van der Waals surface area contributed by atoms with Crippen LogP contribution in [0.15, 0.2) is 146 Å². The summed E-state index contributed by atoms with van der Waals surface area (Å²) in [5.41, 5.74) is 0. The Hall–Kier alpha value is -3.93. The third-order valence-corrected chi connectivity index (χ3v) is 15.9. The molecule has 0 spiro atoms. The lowest BCUT2D eigenvalue weighted by Gasteiger charge is -2.40. The summed E-state index contributed by atoms with van der Waals surface area (Å²) in [4.78, 5) is 13.1. The van der Waals surface area contributed by atoms with Crippen LogP contribution in [0.2, 0.25) is 0 Å². The van der Waals surface area contributed by atoms with Crippen molar-refractivity contribution >= 4 is 5.91 Å². The monoisotopic (exact) mass is 1210 g/mol. The lowest BCUT2D eigenvalue weighted by atomic mass is 9.99. The normalized spacial score (nSPS) is 18.9. The van der Waals surface area contributed by atoms with Crippen LogP contribution < -0.4 is 5.32 Å². The average molecular weight is 1210 g/mol. The van der Waals surface area contributed by atoms with Crippen LogP contribution in [0.25, 0.3) is 0 Å². The first-order valence-corrected chi connectivity index (χ1v) is 35.6. The van der Waals surface area contributed by atoms with Crippen molar-refractivity contribution in [2.45, 2.75) is 326 Å². The molecule has 0 saturated carbocycles. The van der Waals surface area contributed by atoms with Crippen molar-refractivity contribution < 1.29 is 39.8 Å². The number of unbranched alkanes of at least 4 members (excludes halogenated alkanes) is 28. The molecule has 9 nitrogen and oxygen atoms in total. The first kappa shape index (κ1) is 81.1. The number of ether oxygens (including phenoxy) is 2. The van der Waals surface area contributed by atoms with Crippen LogP contribution >= 0.6 is 0 Å². The molecule has 0 aromatic carbocycles. The molecule has 87 heavy (non-hydrogen) atoms. The first-order valence-electron chi connectivity index (χ1n) is 35.6. The molecule has 9 heteroatoms. The highest BCUT2D eigenvalue weighted by Crippen LogP contribution is 2.23. The molecular weight excluding hydrogens is 1080 g/mol. The van der Waals surface area contributed by atoms with Gasteiger partial charge in [-0.15, -0.1) is 0 Å². The average Bonchev–Trinajstić information content (AvgIpc) is 3.47. The van der Waals surface area contributed by atoms with Gasteiger partial charge in [-0.3, -0.25) is 4.79 Å². The van der Waals surface area contributed by atoms with Crippen LogP contribution in [0.1, 0.15) is 284 Å². The Morgan fingerprint density at radius 2 is 0.724 bits per heavy atom. The second kappa shape index (κ2) is 65.0. The SMILES string of the molecule is CC/C=C\C/C=C\C/C=C\C/C=C\C/C=C\C/C=C\C/C=C\C/C=C\C/C=C\CCCCCCCCCC(=O)NC(COC1OC(CO)C(O)C(O)C1O)C(O)/C=C/CC/C=C/CC/C=C/CCCCCCCCCCCCCCCCCCCCC. The van der Waals surface area contributed by atoms with Crippen LogP contribution in [0.3, 0.4) is 0 Å². The van der Waals surface area contributed by atoms with Gasteiger partial charge in [-0.05, 0) is 116 Å². The number of rotatable bonds is 60. The lowest BCUT2D eigenvalue weighted by molar-refractivity contribution is -0.302. The zero-order chi connectivity index (χ0) is 62.8. The maximum absolute atomic E-state index is 13.1. The van der Waals surface area contributed by atoms with Gasteiger partial charge < -0.3 is 40.3 Å². The molecule has 0 bridgehead atoms. The molecule has 0 aliphatic carbocycles. The molecule has 1 aliphatic heterocycles. The van der Waals surface area contributed by atoms with Gasteiger partial charge in [0.05, 0.1) is 25.4 Å². The summed E-state index contributed by atoms with van der Waals surface area (Å²) in [5.74, 6) is -0.206. The minimum Gasteiger partial charge on any atom is -0.394 e. The smallest absolute Gasteiger partial charge is 0.220 e. The van der Waals surface area contributed by atoms with Gasteiger partial charge >= 0.3 is 0 Å². The molecule has 1 aliphatic rings. The second-order valence-corrected chi connectivity index (χ2v) is 23.9. The van der Waals surface area contributed by atoms with E-state index in [-0.39, 0.29) is 12.5 Å². The maximum Gasteiger partial charge on any atom is 0.220 e. The van der Waals surface area contributed by atoms with E-state index in [1.54, 1.807) is 6.08 Å². The maximum atomic E-state index is 13.1. The molecule has 7 unspecified atom stereocenters. The minimum atomic E-state index is -1.59. The molecule has 0 aromatic heterocycles. The molecule has 1 saturated heterocycles. The summed E-state index contributed by atoms with van der Waals surface area (Å²) >= 11 is 0. The van der Waals surface area contributed by atoms with E-state index in [1.165, 1.54) is 141 Å². The summed E-state index contributed by atoms with van der Waals surface area (Å²) in [6.07, 6.45) is 93.7. The van der Waals surface area contributed by atoms with Gasteiger partial charge in [0.15, 0.2) is 6.29 Å². The number of carbonyl (C=O) groups excluding carboxylic acids is 1. The van der Waals surface area contributed by atoms with Crippen molar-refractivity contribution in [2.24, 2.45) is 0 Å².